The van der Waals surface area contributed by atoms with Crippen molar-refractivity contribution in [1.82, 2.24) is 10.3 Å². The van der Waals surface area contributed by atoms with E-state index in [0.717, 1.165) is 0 Å². The zero-order valence-electron chi connectivity index (χ0n) is 10.8. The Hall–Kier alpha value is -1.000. The molecule has 0 saturated heterocycles. The Morgan fingerprint density at radius 2 is 1.76 bits per heavy atom. The van der Waals surface area contributed by atoms with Gasteiger partial charge < -0.3 is 5.32 Å². The first-order chi connectivity index (χ1) is 9.90. The molecule has 1 N–H and O–H groups in total. The number of pyridine rings is 1. The van der Waals surface area contributed by atoms with E-state index in [9.17, 15) is 4.79 Å². The summed E-state index contributed by atoms with van der Waals surface area (Å²) in [5.41, 5.74) is 0.732. The fourth-order valence-corrected chi connectivity index (χ4v) is 2.91. The largest absolute Gasteiger partial charge is 0.344 e. The Morgan fingerprint density at radius 3 is 2.33 bits per heavy atom. The van der Waals surface area contributed by atoms with Gasteiger partial charge in [-0.1, -0.05) is 52.5 Å². The Labute approximate surface area is 142 Å². The molecule has 1 amide bonds. The number of halogens is 4. The molecule has 2 aromatic rings. The van der Waals surface area contributed by atoms with E-state index in [2.05, 4.69) is 10.3 Å². The summed E-state index contributed by atoms with van der Waals surface area (Å²) < 4.78 is 0. The summed E-state index contributed by atoms with van der Waals surface area (Å²) >= 11 is 23.9. The molecule has 0 aliphatic carbocycles. The van der Waals surface area contributed by atoms with Crippen molar-refractivity contribution in [3.05, 3.63) is 61.8 Å². The highest BCUT2D eigenvalue weighted by Gasteiger charge is 2.19. The SMILES string of the molecule is CC(NC(=O)c1c(Cl)cccc1Cl)c1ncc(Cl)cc1Cl. The van der Waals surface area contributed by atoms with Gasteiger partial charge in [0.15, 0.2) is 0 Å². The number of amides is 1. The van der Waals surface area contributed by atoms with E-state index >= 15 is 0 Å². The predicted molar refractivity (Wildman–Crippen MR) is 86.6 cm³/mol. The molecule has 2 rings (SSSR count). The second-order valence-corrected chi connectivity index (χ2v) is 5.97. The standard InChI is InChI=1S/C14H10Cl4N2O/c1-7(13-11(18)5-8(15)6-19-13)20-14(21)12-9(16)3-2-4-10(12)17/h2-7H,1H3,(H,20,21). The highest BCUT2D eigenvalue weighted by molar-refractivity contribution is 6.39. The van der Waals surface area contributed by atoms with Crippen LogP contribution in [0, 0.1) is 0 Å². The van der Waals surface area contributed by atoms with Gasteiger partial charge in [0.25, 0.3) is 5.91 Å². The number of carbonyl (C=O) groups is 1. The van der Waals surface area contributed by atoms with Crippen LogP contribution in [0.4, 0.5) is 0 Å². The fourth-order valence-electron chi connectivity index (χ4n) is 1.80. The highest BCUT2D eigenvalue weighted by Crippen LogP contribution is 2.27. The van der Waals surface area contributed by atoms with Crippen LogP contribution in [0.5, 0.6) is 0 Å². The molecule has 21 heavy (non-hydrogen) atoms. The van der Waals surface area contributed by atoms with Crippen molar-refractivity contribution >= 4 is 52.3 Å². The minimum Gasteiger partial charge on any atom is -0.344 e. The lowest BCUT2D eigenvalue weighted by atomic mass is 10.1. The maximum Gasteiger partial charge on any atom is 0.254 e. The van der Waals surface area contributed by atoms with Crippen LogP contribution in [-0.2, 0) is 0 Å². The van der Waals surface area contributed by atoms with Crippen LogP contribution in [0.1, 0.15) is 29.0 Å². The predicted octanol–water partition coefficient (Wildman–Crippen LogP) is 5.19. The highest BCUT2D eigenvalue weighted by atomic mass is 35.5. The molecule has 3 nitrogen and oxygen atoms in total. The van der Waals surface area contributed by atoms with Crippen LogP contribution in [-0.4, -0.2) is 10.9 Å². The molecule has 0 spiro atoms. The molecule has 1 aromatic carbocycles. The zero-order valence-corrected chi connectivity index (χ0v) is 13.9. The number of aromatic nitrogens is 1. The van der Waals surface area contributed by atoms with Gasteiger partial charge >= 0.3 is 0 Å². The minimum absolute atomic E-state index is 0.220. The molecule has 0 bridgehead atoms. The van der Waals surface area contributed by atoms with Crippen molar-refractivity contribution in [2.24, 2.45) is 0 Å². The van der Waals surface area contributed by atoms with Gasteiger partial charge in [-0.3, -0.25) is 9.78 Å². The summed E-state index contributed by atoms with van der Waals surface area (Å²) in [4.78, 5) is 16.4. The van der Waals surface area contributed by atoms with Gasteiger partial charge in [0.05, 0.1) is 37.4 Å². The Bertz CT molecular complexity index is 670. The molecule has 0 aliphatic rings. The summed E-state index contributed by atoms with van der Waals surface area (Å²) in [7, 11) is 0. The zero-order chi connectivity index (χ0) is 15.6. The summed E-state index contributed by atoms with van der Waals surface area (Å²) in [6, 6.07) is 6.01. The Kier molecular flexibility index (Phi) is 5.33. The smallest absolute Gasteiger partial charge is 0.254 e. The Balaban J connectivity index is 2.23. The summed E-state index contributed by atoms with van der Waals surface area (Å²) in [5.74, 6) is -0.397. The van der Waals surface area contributed by atoms with E-state index in [1.54, 1.807) is 31.2 Å². The second kappa shape index (κ2) is 6.84. The van der Waals surface area contributed by atoms with Crippen LogP contribution in [0.25, 0.3) is 0 Å². The molecule has 1 unspecified atom stereocenters. The third-order valence-corrected chi connectivity index (χ3v) is 3.92. The number of nitrogens with zero attached hydrogens (tertiary/aromatic N) is 1. The van der Waals surface area contributed by atoms with Crippen LogP contribution >= 0.6 is 46.4 Å². The number of hydrogen-bond acceptors (Lipinski definition) is 2. The number of rotatable bonds is 3. The van der Waals surface area contributed by atoms with Crippen molar-refractivity contribution < 1.29 is 4.79 Å². The first-order valence-electron chi connectivity index (χ1n) is 5.96. The molecule has 0 aliphatic heterocycles. The third kappa shape index (κ3) is 3.80. The summed E-state index contributed by atoms with van der Waals surface area (Å²) in [6.07, 6.45) is 1.47. The first kappa shape index (κ1) is 16.4. The number of carbonyl (C=O) groups excluding carboxylic acids is 1. The number of nitrogens with one attached hydrogen (secondary N) is 1. The molecule has 1 atom stereocenters. The van der Waals surface area contributed by atoms with Crippen LogP contribution < -0.4 is 5.32 Å². The maximum absolute atomic E-state index is 12.3. The van der Waals surface area contributed by atoms with Crippen molar-refractivity contribution in [3.8, 4) is 0 Å². The van der Waals surface area contributed by atoms with Gasteiger partial charge in [-0.2, -0.15) is 0 Å². The normalized spacial score (nSPS) is 12.0. The van der Waals surface area contributed by atoms with E-state index in [1.165, 1.54) is 6.20 Å². The minimum atomic E-state index is -0.422. The second-order valence-electron chi connectivity index (χ2n) is 4.31. The molecule has 0 radical (unpaired) electrons. The summed E-state index contributed by atoms with van der Waals surface area (Å²) in [5, 5.41) is 4.12. The van der Waals surface area contributed by atoms with E-state index in [4.69, 9.17) is 46.4 Å². The Morgan fingerprint density at radius 1 is 1.14 bits per heavy atom. The maximum atomic E-state index is 12.3. The van der Waals surface area contributed by atoms with E-state index in [1.807, 2.05) is 0 Å². The fraction of sp³-hybridized carbons (Fsp3) is 0.143. The van der Waals surface area contributed by atoms with Gasteiger partial charge in [-0.25, -0.2) is 0 Å². The van der Waals surface area contributed by atoms with E-state index in [0.29, 0.717) is 15.7 Å². The average Bonchev–Trinajstić information content (AvgIpc) is 2.37. The third-order valence-electron chi connectivity index (χ3n) is 2.78. The number of hydrogen-bond donors (Lipinski definition) is 1. The molecule has 7 heteroatoms. The number of benzene rings is 1. The molecular weight excluding hydrogens is 354 g/mol. The van der Waals surface area contributed by atoms with Gasteiger partial charge in [0.1, 0.15) is 0 Å². The van der Waals surface area contributed by atoms with Crippen LogP contribution in [0.3, 0.4) is 0 Å². The van der Waals surface area contributed by atoms with Gasteiger partial charge in [0, 0.05) is 6.20 Å². The van der Waals surface area contributed by atoms with Crippen molar-refractivity contribution in [2.45, 2.75) is 13.0 Å². The molecule has 1 heterocycles. The lowest BCUT2D eigenvalue weighted by Gasteiger charge is -2.16. The molecule has 0 fully saturated rings. The van der Waals surface area contributed by atoms with Gasteiger partial charge in [-0.15, -0.1) is 0 Å². The quantitative estimate of drug-likeness (QED) is 0.815. The van der Waals surface area contributed by atoms with Crippen molar-refractivity contribution in [1.29, 1.82) is 0 Å². The van der Waals surface area contributed by atoms with Crippen LogP contribution in [0.2, 0.25) is 20.1 Å². The first-order valence-corrected chi connectivity index (χ1v) is 7.47. The molecule has 1 aromatic heterocycles. The van der Waals surface area contributed by atoms with Crippen molar-refractivity contribution in [3.63, 3.8) is 0 Å². The van der Waals surface area contributed by atoms with Gasteiger partial charge in [0.2, 0.25) is 0 Å². The van der Waals surface area contributed by atoms with E-state index < -0.39 is 11.9 Å². The van der Waals surface area contributed by atoms with E-state index in [-0.39, 0.29) is 15.6 Å². The lowest BCUT2D eigenvalue weighted by molar-refractivity contribution is 0.0939. The molecular formula is C14H10Cl4N2O. The van der Waals surface area contributed by atoms with Crippen LogP contribution in [0.15, 0.2) is 30.5 Å². The average molecular weight is 364 g/mol. The topological polar surface area (TPSA) is 42.0 Å². The molecule has 110 valence electrons. The van der Waals surface area contributed by atoms with Gasteiger partial charge in [-0.05, 0) is 25.1 Å². The van der Waals surface area contributed by atoms with Crippen molar-refractivity contribution in [2.75, 3.05) is 0 Å². The lowest BCUT2D eigenvalue weighted by Crippen LogP contribution is -2.28. The monoisotopic (exact) mass is 362 g/mol. The summed E-state index contributed by atoms with van der Waals surface area (Å²) in [6.45, 7) is 1.75. The molecule has 0 saturated carbocycles.